The fraction of sp³-hybridized carbons (Fsp3) is 0.917. The molecule has 0 aromatic rings. The maximum absolute atomic E-state index is 11.9. The molecule has 1 aliphatic heterocycles. The highest BCUT2D eigenvalue weighted by Crippen LogP contribution is 2.14. The second-order valence-corrected chi connectivity index (χ2v) is 7.26. The molecule has 0 spiro atoms. The SMILES string of the molecule is CC(CN)CNC(=O)CCCS(=O)(=O)N1CCCC1.Cl. The first-order valence-corrected chi connectivity index (χ1v) is 8.51. The molecular formula is C12H26ClN3O3S. The number of carbonyl (C=O) groups is 1. The van der Waals surface area contributed by atoms with Crippen molar-refractivity contribution in [1.82, 2.24) is 9.62 Å². The average Bonchev–Trinajstić information content (AvgIpc) is 2.90. The number of halogens is 1. The fourth-order valence-corrected chi connectivity index (χ4v) is 3.55. The summed E-state index contributed by atoms with van der Waals surface area (Å²) in [5, 5.41) is 2.76. The normalized spacial score (nSPS) is 17.5. The first-order chi connectivity index (χ1) is 8.95. The molecule has 1 aliphatic rings. The van der Waals surface area contributed by atoms with Gasteiger partial charge >= 0.3 is 0 Å². The van der Waals surface area contributed by atoms with Crippen LogP contribution >= 0.6 is 12.4 Å². The van der Waals surface area contributed by atoms with Gasteiger partial charge < -0.3 is 11.1 Å². The van der Waals surface area contributed by atoms with E-state index in [1.165, 1.54) is 4.31 Å². The predicted octanol–water partition coefficient (Wildman–Crippen LogP) is 0.325. The van der Waals surface area contributed by atoms with Crippen molar-refractivity contribution in [3.8, 4) is 0 Å². The number of nitrogens with one attached hydrogen (secondary N) is 1. The summed E-state index contributed by atoms with van der Waals surface area (Å²) in [5.74, 6) is 0.210. The molecule has 3 N–H and O–H groups in total. The van der Waals surface area contributed by atoms with Crippen LogP contribution in [-0.2, 0) is 14.8 Å². The molecule has 1 unspecified atom stereocenters. The maximum Gasteiger partial charge on any atom is 0.220 e. The molecule has 20 heavy (non-hydrogen) atoms. The third kappa shape index (κ3) is 6.88. The van der Waals surface area contributed by atoms with E-state index in [-0.39, 0.29) is 36.4 Å². The smallest absolute Gasteiger partial charge is 0.220 e. The number of nitrogens with two attached hydrogens (primary N) is 1. The topological polar surface area (TPSA) is 92.5 Å². The van der Waals surface area contributed by atoms with Crippen molar-refractivity contribution in [3.05, 3.63) is 0 Å². The molecular weight excluding hydrogens is 302 g/mol. The van der Waals surface area contributed by atoms with Crippen LogP contribution in [0, 0.1) is 5.92 Å². The van der Waals surface area contributed by atoms with Crippen molar-refractivity contribution < 1.29 is 13.2 Å². The molecule has 0 bridgehead atoms. The van der Waals surface area contributed by atoms with Gasteiger partial charge in [0.25, 0.3) is 0 Å². The van der Waals surface area contributed by atoms with Gasteiger partial charge in [-0.25, -0.2) is 12.7 Å². The number of sulfonamides is 1. The molecule has 0 saturated carbocycles. The molecule has 1 fully saturated rings. The summed E-state index contributed by atoms with van der Waals surface area (Å²) in [4.78, 5) is 11.5. The van der Waals surface area contributed by atoms with E-state index in [1.54, 1.807) is 0 Å². The van der Waals surface area contributed by atoms with Gasteiger partial charge in [0.15, 0.2) is 0 Å². The summed E-state index contributed by atoms with van der Waals surface area (Å²) in [6.45, 7) is 4.29. The standard InChI is InChI=1S/C12H25N3O3S.ClH/c1-11(9-13)10-14-12(16)5-4-8-19(17,18)15-6-2-3-7-15;/h11H,2-10,13H2,1H3,(H,14,16);1H. The van der Waals surface area contributed by atoms with Crippen LogP contribution in [0.2, 0.25) is 0 Å². The molecule has 120 valence electrons. The first kappa shape index (κ1) is 19.6. The molecule has 6 nitrogen and oxygen atoms in total. The van der Waals surface area contributed by atoms with Gasteiger partial charge in [-0.2, -0.15) is 0 Å². The van der Waals surface area contributed by atoms with E-state index in [0.717, 1.165) is 12.8 Å². The van der Waals surface area contributed by atoms with Gasteiger partial charge in [-0.3, -0.25) is 4.79 Å². The molecule has 1 rings (SSSR count). The lowest BCUT2D eigenvalue weighted by Gasteiger charge is -2.15. The van der Waals surface area contributed by atoms with E-state index in [2.05, 4.69) is 5.32 Å². The molecule has 1 atom stereocenters. The largest absolute Gasteiger partial charge is 0.356 e. The minimum absolute atomic E-state index is 0. The van der Waals surface area contributed by atoms with E-state index in [1.807, 2.05) is 6.92 Å². The summed E-state index contributed by atoms with van der Waals surface area (Å²) in [5.41, 5.74) is 5.45. The van der Waals surface area contributed by atoms with Gasteiger partial charge in [0, 0.05) is 26.1 Å². The number of rotatable bonds is 8. The van der Waals surface area contributed by atoms with E-state index >= 15 is 0 Å². The van der Waals surface area contributed by atoms with Gasteiger partial charge in [-0.05, 0) is 31.7 Å². The van der Waals surface area contributed by atoms with Gasteiger partial charge in [-0.1, -0.05) is 6.92 Å². The Bertz CT molecular complexity index is 383. The van der Waals surface area contributed by atoms with Crippen molar-refractivity contribution in [2.75, 3.05) is 31.9 Å². The Morgan fingerprint density at radius 1 is 1.35 bits per heavy atom. The maximum atomic E-state index is 11.9. The third-order valence-electron chi connectivity index (χ3n) is 3.31. The summed E-state index contributed by atoms with van der Waals surface area (Å²) in [6.07, 6.45) is 2.51. The molecule has 0 aromatic carbocycles. The lowest BCUT2D eigenvalue weighted by atomic mass is 10.2. The van der Waals surface area contributed by atoms with Crippen molar-refractivity contribution in [2.24, 2.45) is 11.7 Å². The van der Waals surface area contributed by atoms with Crippen LogP contribution in [0.3, 0.4) is 0 Å². The van der Waals surface area contributed by atoms with Gasteiger partial charge in [0.2, 0.25) is 15.9 Å². The average molecular weight is 328 g/mol. The first-order valence-electron chi connectivity index (χ1n) is 6.90. The summed E-state index contributed by atoms with van der Waals surface area (Å²) >= 11 is 0. The van der Waals surface area contributed by atoms with E-state index < -0.39 is 10.0 Å². The number of carbonyl (C=O) groups excluding carboxylic acids is 1. The number of hydrogen-bond acceptors (Lipinski definition) is 4. The third-order valence-corrected chi connectivity index (χ3v) is 5.27. The minimum atomic E-state index is -3.16. The number of hydrogen-bond donors (Lipinski definition) is 2. The molecule has 0 aliphatic carbocycles. The Balaban J connectivity index is 0.00000361. The van der Waals surface area contributed by atoms with E-state index in [4.69, 9.17) is 5.73 Å². The van der Waals surface area contributed by atoms with Crippen molar-refractivity contribution in [2.45, 2.75) is 32.6 Å². The number of amides is 1. The minimum Gasteiger partial charge on any atom is -0.356 e. The van der Waals surface area contributed by atoms with E-state index in [9.17, 15) is 13.2 Å². The highest BCUT2D eigenvalue weighted by atomic mass is 35.5. The van der Waals surface area contributed by atoms with Crippen LogP contribution in [0.5, 0.6) is 0 Å². The highest BCUT2D eigenvalue weighted by molar-refractivity contribution is 7.89. The lowest BCUT2D eigenvalue weighted by Crippen LogP contribution is -2.33. The summed E-state index contributed by atoms with van der Waals surface area (Å²) < 4.78 is 25.3. The Hall–Kier alpha value is -0.370. The van der Waals surface area contributed by atoms with Crippen molar-refractivity contribution in [1.29, 1.82) is 0 Å². The molecule has 0 radical (unpaired) electrons. The summed E-state index contributed by atoms with van der Waals surface area (Å²) in [6, 6.07) is 0. The van der Waals surface area contributed by atoms with Crippen LogP contribution in [0.25, 0.3) is 0 Å². The zero-order valence-corrected chi connectivity index (χ0v) is 13.6. The monoisotopic (exact) mass is 327 g/mol. The van der Waals surface area contributed by atoms with Crippen LogP contribution in [-0.4, -0.2) is 50.6 Å². The van der Waals surface area contributed by atoms with Crippen LogP contribution < -0.4 is 11.1 Å². The molecule has 0 aromatic heterocycles. The predicted molar refractivity (Wildman–Crippen MR) is 82.3 cm³/mol. The van der Waals surface area contributed by atoms with Crippen molar-refractivity contribution >= 4 is 28.3 Å². The Morgan fingerprint density at radius 3 is 2.50 bits per heavy atom. The second kappa shape index (κ2) is 9.55. The van der Waals surface area contributed by atoms with Crippen molar-refractivity contribution in [3.63, 3.8) is 0 Å². The molecule has 1 heterocycles. The van der Waals surface area contributed by atoms with Gasteiger partial charge in [-0.15, -0.1) is 12.4 Å². The Morgan fingerprint density at radius 2 is 1.95 bits per heavy atom. The molecule has 8 heteroatoms. The van der Waals surface area contributed by atoms with Crippen LogP contribution in [0.1, 0.15) is 32.6 Å². The molecule has 1 amide bonds. The van der Waals surface area contributed by atoms with Gasteiger partial charge in [0.1, 0.15) is 0 Å². The van der Waals surface area contributed by atoms with Crippen LogP contribution in [0.4, 0.5) is 0 Å². The lowest BCUT2D eigenvalue weighted by molar-refractivity contribution is -0.121. The zero-order valence-electron chi connectivity index (χ0n) is 12.0. The van der Waals surface area contributed by atoms with E-state index in [0.29, 0.717) is 32.6 Å². The highest BCUT2D eigenvalue weighted by Gasteiger charge is 2.24. The van der Waals surface area contributed by atoms with Gasteiger partial charge in [0.05, 0.1) is 5.75 Å². The number of nitrogens with zero attached hydrogens (tertiary/aromatic N) is 1. The fourth-order valence-electron chi connectivity index (χ4n) is 1.97. The quantitative estimate of drug-likeness (QED) is 0.671. The Labute approximate surface area is 127 Å². The molecule has 1 saturated heterocycles. The summed E-state index contributed by atoms with van der Waals surface area (Å²) in [7, 11) is -3.16. The van der Waals surface area contributed by atoms with Crippen LogP contribution in [0.15, 0.2) is 0 Å². The second-order valence-electron chi connectivity index (χ2n) is 5.17. The zero-order chi connectivity index (χ0) is 14.3. The Kier molecular flexibility index (Phi) is 9.37.